The lowest BCUT2D eigenvalue weighted by Gasteiger charge is -2.14. The van der Waals surface area contributed by atoms with E-state index in [-0.39, 0.29) is 12.5 Å². The number of hydrogen-bond donors (Lipinski definition) is 1. The van der Waals surface area contributed by atoms with Gasteiger partial charge in [-0.1, -0.05) is 0 Å². The molecule has 0 atom stereocenters. The summed E-state index contributed by atoms with van der Waals surface area (Å²) in [5, 5.41) is 2.88. The molecule has 0 spiro atoms. The van der Waals surface area contributed by atoms with Gasteiger partial charge in [0.2, 0.25) is 0 Å². The Kier molecular flexibility index (Phi) is 7.80. The van der Waals surface area contributed by atoms with E-state index < -0.39 is 0 Å². The summed E-state index contributed by atoms with van der Waals surface area (Å²) in [5.74, 6) is 2.97. The largest absolute Gasteiger partial charge is 0.497 e. The number of benzene rings is 3. The standard InChI is InChI=1S/C25H27NO6/c1-5-31-22-12-6-17(14-18(22)16-32-21-10-8-20(28-2)9-11-21)25(27)26-19-7-13-23(29-3)24(15-19)30-4/h6-15H,5,16H2,1-4H3,(H,26,27). The monoisotopic (exact) mass is 437 g/mol. The van der Waals surface area contributed by atoms with Crippen molar-refractivity contribution in [2.45, 2.75) is 13.5 Å². The first-order valence-corrected chi connectivity index (χ1v) is 10.1. The third-order valence-electron chi connectivity index (χ3n) is 4.72. The molecule has 0 radical (unpaired) electrons. The minimum absolute atomic E-state index is 0.249. The summed E-state index contributed by atoms with van der Waals surface area (Å²) >= 11 is 0. The molecule has 1 amide bonds. The Morgan fingerprint density at radius 1 is 0.750 bits per heavy atom. The zero-order chi connectivity index (χ0) is 22.9. The van der Waals surface area contributed by atoms with E-state index in [0.717, 1.165) is 11.3 Å². The van der Waals surface area contributed by atoms with E-state index in [4.69, 9.17) is 23.7 Å². The molecule has 168 valence electrons. The van der Waals surface area contributed by atoms with Gasteiger partial charge in [0.15, 0.2) is 11.5 Å². The van der Waals surface area contributed by atoms with E-state index in [1.165, 1.54) is 0 Å². The number of amides is 1. The highest BCUT2D eigenvalue weighted by molar-refractivity contribution is 6.04. The van der Waals surface area contributed by atoms with Gasteiger partial charge in [-0.15, -0.1) is 0 Å². The van der Waals surface area contributed by atoms with Crippen LogP contribution in [0.1, 0.15) is 22.8 Å². The van der Waals surface area contributed by atoms with Crippen LogP contribution >= 0.6 is 0 Å². The molecule has 3 rings (SSSR count). The molecule has 7 heteroatoms. The quantitative estimate of drug-likeness (QED) is 0.484. The van der Waals surface area contributed by atoms with Crippen LogP contribution in [0.2, 0.25) is 0 Å². The van der Waals surface area contributed by atoms with Crippen molar-refractivity contribution in [3.8, 4) is 28.7 Å². The SMILES string of the molecule is CCOc1ccc(C(=O)Nc2ccc(OC)c(OC)c2)cc1COc1ccc(OC)cc1. The van der Waals surface area contributed by atoms with E-state index >= 15 is 0 Å². The molecule has 0 unspecified atom stereocenters. The second-order valence-corrected chi connectivity index (χ2v) is 6.74. The fourth-order valence-corrected chi connectivity index (χ4v) is 3.08. The van der Waals surface area contributed by atoms with Crippen LogP contribution in [0.15, 0.2) is 60.7 Å². The van der Waals surface area contributed by atoms with Gasteiger partial charge in [-0.25, -0.2) is 0 Å². The maximum atomic E-state index is 12.9. The molecule has 0 fully saturated rings. The van der Waals surface area contributed by atoms with Crippen molar-refractivity contribution in [3.05, 3.63) is 71.8 Å². The summed E-state index contributed by atoms with van der Waals surface area (Å²) in [7, 11) is 4.72. The number of ether oxygens (including phenoxy) is 5. The molecule has 0 heterocycles. The van der Waals surface area contributed by atoms with Crippen molar-refractivity contribution in [2.75, 3.05) is 33.3 Å². The van der Waals surface area contributed by atoms with Crippen LogP contribution < -0.4 is 29.0 Å². The molecule has 3 aromatic carbocycles. The van der Waals surface area contributed by atoms with Crippen molar-refractivity contribution in [3.63, 3.8) is 0 Å². The van der Waals surface area contributed by atoms with E-state index in [2.05, 4.69) is 5.32 Å². The number of nitrogens with one attached hydrogen (secondary N) is 1. The van der Waals surface area contributed by atoms with E-state index in [0.29, 0.717) is 40.9 Å². The maximum absolute atomic E-state index is 12.9. The fourth-order valence-electron chi connectivity index (χ4n) is 3.08. The molecule has 3 aromatic rings. The zero-order valence-electron chi connectivity index (χ0n) is 18.6. The van der Waals surface area contributed by atoms with Gasteiger partial charge in [0.1, 0.15) is 23.9 Å². The molecule has 0 aliphatic heterocycles. The van der Waals surface area contributed by atoms with Crippen LogP contribution in [0.3, 0.4) is 0 Å². The number of carbonyl (C=O) groups excluding carboxylic acids is 1. The van der Waals surface area contributed by atoms with Crippen molar-refractivity contribution in [2.24, 2.45) is 0 Å². The molecule has 0 aromatic heterocycles. The minimum Gasteiger partial charge on any atom is -0.497 e. The number of methoxy groups -OCH3 is 3. The lowest BCUT2D eigenvalue weighted by Crippen LogP contribution is -2.13. The summed E-state index contributed by atoms with van der Waals surface area (Å²) in [6.07, 6.45) is 0. The van der Waals surface area contributed by atoms with Gasteiger partial charge in [0, 0.05) is 22.9 Å². The van der Waals surface area contributed by atoms with Crippen LogP contribution in [-0.4, -0.2) is 33.8 Å². The minimum atomic E-state index is -0.258. The Labute approximate surface area is 187 Å². The second kappa shape index (κ2) is 10.9. The number of carbonyl (C=O) groups is 1. The van der Waals surface area contributed by atoms with Crippen molar-refractivity contribution >= 4 is 11.6 Å². The van der Waals surface area contributed by atoms with Gasteiger partial charge in [-0.3, -0.25) is 4.79 Å². The van der Waals surface area contributed by atoms with Gasteiger partial charge in [-0.05, 0) is 61.5 Å². The van der Waals surface area contributed by atoms with Crippen LogP contribution in [0.4, 0.5) is 5.69 Å². The van der Waals surface area contributed by atoms with Crippen molar-refractivity contribution < 1.29 is 28.5 Å². The average molecular weight is 437 g/mol. The molecule has 0 saturated carbocycles. The lowest BCUT2D eigenvalue weighted by atomic mass is 10.1. The molecule has 0 aliphatic rings. The van der Waals surface area contributed by atoms with Gasteiger partial charge in [-0.2, -0.15) is 0 Å². The first kappa shape index (κ1) is 22.8. The Morgan fingerprint density at radius 3 is 2.09 bits per heavy atom. The summed E-state index contributed by atoms with van der Waals surface area (Å²) in [4.78, 5) is 12.9. The van der Waals surface area contributed by atoms with E-state index in [1.807, 2.05) is 31.2 Å². The highest BCUT2D eigenvalue weighted by Gasteiger charge is 2.13. The third-order valence-corrected chi connectivity index (χ3v) is 4.72. The highest BCUT2D eigenvalue weighted by atomic mass is 16.5. The van der Waals surface area contributed by atoms with Crippen molar-refractivity contribution in [1.29, 1.82) is 0 Å². The maximum Gasteiger partial charge on any atom is 0.255 e. The van der Waals surface area contributed by atoms with Crippen LogP contribution in [-0.2, 0) is 6.61 Å². The van der Waals surface area contributed by atoms with E-state index in [1.54, 1.807) is 57.7 Å². The van der Waals surface area contributed by atoms with Gasteiger partial charge < -0.3 is 29.0 Å². The van der Waals surface area contributed by atoms with Gasteiger partial charge in [0.05, 0.1) is 27.9 Å². The Balaban J connectivity index is 1.77. The van der Waals surface area contributed by atoms with Crippen LogP contribution in [0.25, 0.3) is 0 Å². The number of hydrogen-bond acceptors (Lipinski definition) is 6. The summed E-state index contributed by atoms with van der Waals surface area (Å²) in [6.45, 7) is 2.66. The molecule has 0 bridgehead atoms. The predicted molar refractivity (Wildman–Crippen MR) is 122 cm³/mol. The first-order chi connectivity index (χ1) is 15.6. The topological polar surface area (TPSA) is 75.3 Å². The van der Waals surface area contributed by atoms with Gasteiger partial charge in [0.25, 0.3) is 5.91 Å². The lowest BCUT2D eigenvalue weighted by molar-refractivity contribution is 0.102. The predicted octanol–water partition coefficient (Wildman–Crippen LogP) is 4.94. The zero-order valence-corrected chi connectivity index (χ0v) is 18.6. The molecule has 7 nitrogen and oxygen atoms in total. The van der Waals surface area contributed by atoms with E-state index in [9.17, 15) is 4.79 Å². The molecule has 0 aliphatic carbocycles. The fraction of sp³-hybridized carbons (Fsp3) is 0.240. The second-order valence-electron chi connectivity index (χ2n) is 6.74. The first-order valence-electron chi connectivity index (χ1n) is 10.1. The van der Waals surface area contributed by atoms with Crippen molar-refractivity contribution in [1.82, 2.24) is 0 Å². The summed E-state index contributed by atoms with van der Waals surface area (Å²) in [5.41, 5.74) is 1.84. The molecule has 32 heavy (non-hydrogen) atoms. The molecule has 1 N–H and O–H groups in total. The molecule has 0 saturated heterocycles. The van der Waals surface area contributed by atoms with Gasteiger partial charge >= 0.3 is 0 Å². The normalized spacial score (nSPS) is 10.2. The van der Waals surface area contributed by atoms with Crippen LogP contribution in [0, 0.1) is 0 Å². The Hall–Kier alpha value is -3.87. The summed E-state index contributed by atoms with van der Waals surface area (Å²) in [6, 6.07) is 17.8. The highest BCUT2D eigenvalue weighted by Crippen LogP contribution is 2.30. The molecular weight excluding hydrogens is 410 g/mol. The molecular formula is C25H27NO6. The summed E-state index contributed by atoms with van der Waals surface area (Å²) < 4.78 is 27.3. The Morgan fingerprint density at radius 2 is 1.44 bits per heavy atom. The third kappa shape index (κ3) is 5.63. The number of rotatable bonds is 10. The average Bonchev–Trinajstić information content (AvgIpc) is 2.83. The number of anilines is 1. The Bertz CT molecular complexity index is 1050. The smallest absolute Gasteiger partial charge is 0.255 e. The van der Waals surface area contributed by atoms with Crippen LogP contribution in [0.5, 0.6) is 28.7 Å².